The van der Waals surface area contributed by atoms with Gasteiger partial charge in [0.1, 0.15) is 0 Å². The van der Waals surface area contributed by atoms with Crippen LogP contribution in [0.15, 0.2) is 0 Å². The molecule has 0 saturated carbocycles. The Kier molecular flexibility index (Phi) is 2.73. The van der Waals surface area contributed by atoms with E-state index in [-0.39, 0.29) is 11.9 Å². The molecule has 0 aromatic carbocycles. The average Bonchev–Trinajstić information content (AvgIpc) is 2.92. The summed E-state index contributed by atoms with van der Waals surface area (Å²) < 4.78 is 3.60. The molecule has 0 aliphatic carbocycles. The third kappa shape index (κ3) is 1.75. The van der Waals surface area contributed by atoms with Crippen LogP contribution < -0.4 is 11.1 Å². The van der Waals surface area contributed by atoms with E-state index < -0.39 is 5.91 Å². The summed E-state index contributed by atoms with van der Waals surface area (Å²) in [5.74, 6) is 0.00313. The predicted molar refractivity (Wildman–Crippen MR) is 72.5 cm³/mol. The lowest BCUT2D eigenvalue weighted by Gasteiger charge is -2.24. The van der Waals surface area contributed by atoms with Gasteiger partial charge in [-0.2, -0.15) is 10.1 Å². The van der Waals surface area contributed by atoms with Crippen molar-refractivity contribution in [1.29, 1.82) is 0 Å². The van der Waals surface area contributed by atoms with Gasteiger partial charge in [-0.3, -0.25) is 9.48 Å². The first-order valence-corrected chi connectivity index (χ1v) is 6.49. The lowest BCUT2D eigenvalue weighted by Crippen LogP contribution is -2.25. The van der Waals surface area contributed by atoms with Crippen molar-refractivity contribution < 1.29 is 4.79 Å². The van der Waals surface area contributed by atoms with Gasteiger partial charge in [0.05, 0.1) is 11.7 Å². The minimum absolute atomic E-state index is 0.0283. The number of hydrogen-bond donors (Lipinski definition) is 2. The van der Waals surface area contributed by atoms with Crippen LogP contribution >= 0.6 is 0 Å². The smallest absolute Gasteiger partial charge is 0.288 e. The molecular weight excluding hydrogens is 258 g/mol. The molecule has 1 aliphatic heterocycles. The van der Waals surface area contributed by atoms with Gasteiger partial charge in [-0.1, -0.05) is 0 Å². The normalized spacial score (nSPS) is 17.6. The zero-order chi connectivity index (χ0) is 14.4. The van der Waals surface area contributed by atoms with Crippen LogP contribution in [0.5, 0.6) is 0 Å². The summed E-state index contributed by atoms with van der Waals surface area (Å²) in [6.07, 6.45) is 0.863. The summed E-state index contributed by atoms with van der Waals surface area (Å²) in [4.78, 5) is 15.4. The monoisotopic (exact) mass is 275 g/mol. The molecule has 0 spiro atoms. The lowest BCUT2D eigenvalue weighted by atomic mass is 10.0. The lowest BCUT2D eigenvalue weighted by molar-refractivity contribution is 0.0990. The second kappa shape index (κ2) is 4.32. The number of primary amides is 1. The van der Waals surface area contributed by atoms with Gasteiger partial charge in [-0.25, -0.2) is 4.68 Å². The fraction of sp³-hybridized carbons (Fsp3) is 0.500. The van der Waals surface area contributed by atoms with Crippen LogP contribution in [0, 0.1) is 13.8 Å². The van der Waals surface area contributed by atoms with Crippen molar-refractivity contribution >= 4 is 11.9 Å². The summed E-state index contributed by atoms with van der Waals surface area (Å²) in [6, 6.07) is 0.0283. The number of nitrogens with two attached hydrogens (primary N) is 1. The Hall–Kier alpha value is -2.38. The standard InChI is InChI=1S/C12H17N7O/c1-6-9(7(2)18(3)16-6)8-4-5-14-12-15-11(10(13)20)17-19(8)12/h8H,4-5H2,1-3H3,(H2,13,20)(H,14,15,17). The van der Waals surface area contributed by atoms with Crippen molar-refractivity contribution in [2.24, 2.45) is 12.8 Å². The van der Waals surface area contributed by atoms with Gasteiger partial charge in [-0.05, 0) is 20.3 Å². The van der Waals surface area contributed by atoms with Crippen molar-refractivity contribution in [2.45, 2.75) is 26.3 Å². The highest BCUT2D eigenvalue weighted by Gasteiger charge is 2.29. The minimum Gasteiger partial charge on any atom is -0.363 e. The first-order valence-electron chi connectivity index (χ1n) is 6.49. The van der Waals surface area contributed by atoms with E-state index in [1.165, 1.54) is 0 Å². The van der Waals surface area contributed by atoms with Gasteiger partial charge in [0.25, 0.3) is 5.91 Å². The quantitative estimate of drug-likeness (QED) is 0.811. The molecule has 1 atom stereocenters. The molecule has 2 aromatic rings. The number of amides is 1. The average molecular weight is 275 g/mol. The fourth-order valence-corrected chi connectivity index (χ4v) is 2.75. The van der Waals surface area contributed by atoms with Gasteiger partial charge in [0.15, 0.2) is 0 Å². The highest BCUT2D eigenvalue weighted by atomic mass is 16.1. The molecule has 0 fully saturated rings. The summed E-state index contributed by atoms with van der Waals surface area (Å²) in [5.41, 5.74) is 8.45. The molecular formula is C12H17N7O. The molecule has 0 radical (unpaired) electrons. The zero-order valence-electron chi connectivity index (χ0n) is 11.7. The first-order chi connectivity index (χ1) is 9.49. The SMILES string of the molecule is Cc1nn(C)c(C)c1C1CCNc2nc(C(N)=O)nn21. The molecule has 1 amide bonds. The minimum atomic E-state index is -0.618. The fourth-order valence-electron chi connectivity index (χ4n) is 2.75. The predicted octanol–water partition coefficient (Wildman–Crippen LogP) is 0.132. The third-order valence-corrected chi connectivity index (χ3v) is 3.75. The van der Waals surface area contributed by atoms with Crippen LogP contribution in [0.2, 0.25) is 0 Å². The molecule has 2 aromatic heterocycles. The van der Waals surface area contributed by atoms with E-state index in [0.717, 1.165) is 29.9 Å². The van der Waals surface area contributed by atoms with Gasteiger partial charge < -0.3 is 11.1 Å². The number of fused-ring (bicyclic) bond motifs is 1. The number of nitrogens with one attached hydrogen (secondary N) is 1. The summed E-state index contributed by atoms with van der Waals surface area (Å²) in [5, 5.41) is 11.8. The van der Waals surface area contributed by atoms with Crippen molar-refractivity contribution in [3.8, 4) is 0 Å². The van der Waals surface area contributed by atoms with Crippen LogP contribution in [-0.2, 0) is 7.05 Å². The van der Waals surface area contributed by atoms with Gasteiger partial charge in [0, 0.05) is 24.8 Å². The highest BCUT2D eigenvalue weighted by Crippen LogP contribution is 2.31. The number of carbonyl (C=O) groups is 1. The molecule has 8 nitrogen and oxygen atoms in total. The molecule has 20 heavy (non-hydrogen) atoms. The Morgan fingerprint density at radius 2 is 2.15 bits per heavy atom. The zero-order valence-corrected chi connectivity index (χ0v) is 11.7. The van der Waals surface area contributed by atoms with Gasteiger partial charge in [0.2, 0.25) is 11.8 Å². The van der Waals surface area contributed by atoms with Crippen LogP contribution in [0.1, 0.15) is 40.0 Å². The van der Waals surface area contributed by atoms with E-state index in [0.29, 0.717) is 5.95 Å². The van der Waals surface area contributed by atoms with E-state index in [1.807, 2.05) is 25.6 Å². The molecule has 1 aliphatic rings. The van der Waals surface area contributed by atoms with Crippen molar-refractivity contribution in [1.82, 2.24) is 24.5 Å². The molecule has 106 valence electrons. The number of carbonyl (C=O) groups excluding carboxylic acids is 1. The summed E-state index contributed by atoms with van der Waals surface area (Å²) in [6.45, 7) is 4.79. The Bertz CT molecular complexity index is 684. The topological polar surface area (TPSA) is 104 Å². The van der Waals surface area contributed by atoms with E-state index in [1.54, 1.807) is 4.68 Å². The van der Waals surface area contributed by atoms with Crippen LogP contribution in [-0.4, -0.2) is 37.0 Å². The van der Waals surface area contributed by atoms with Gasteiger partial charge in [-0.15, -0.1) is 5.10 Å². The summed E-state index contributed by atoms with van der Waals surface area (Å²) in [7, 11) is 1.92. The molecule has 3 N–H and O–H groups in total. The molecule has 0 saturated heterocycles. The van der Waals surface area contributed by atoms with E-state index in [9.17, 15) is 4.79 Å². The maximum Gasteiger partial charge on any atom is 0.288 e. The van der Waals surface area contributed by atoms with Crippen LogP contribution in [0.25, 0.3) is 0 Å². The van der Waals surface area contributed by atoms with E-state index >= 15 is 0 Å². The number of aryl methyl sites for hydroxylation is 2. The Morgan fingerprint density at radius 1 is 1.40 bits per heavy atom. The number of aromatic nitrogens is 5. The van der Waals surface area contributed by atoms with E-state index in [4.69, 9.17) is 5.73 Å². The Balaban J connectivity index is 2.12. The van der Waals surface area contributed by atoms with Crippen LogP contribution in [0.3, 0.4) is 0 Å². The highest BCUT2D eigenvalue weighted by molar-refractivity contribution is 5.89. The summed E-state index contributed by atoms with van der Waals surface area (Å²) >= 11 is 0. The molecule has 3 heterocycles. The maximum absolute atomic E-state index is 11.2. The number of rotatable bonds is 2. The second-order valence-corrected chi connectivity index (χ2v) is 5.01. The molecule has 0 bridgehead atoms. The Labute approximate surface area is 116 Å². The van der Waals surface area contributed by atoms with E-state index in [2.05, 4.69) is 20.5 Å². The number of anilines is 1. The molecule has 8 heteroatoms. The van der Waals surface area contributed by atoms with Crippen LogP contribution in [0.4, 0.5) is 5.95 Å². The van der Waals surface area contributed by atoms with Gasteiger partial charge >= 0.3 is 0 Å². The molecule has 3 rings (SSSR count). The Morgan fingerprint density at radius 3 is 2.75 bits per heavy atom. The molecule has 1 unspecified atom stereocenters. The first kappa shape index (κ1) is 12.6. The van der Waals surface area contributed by atoms with Crippen molar-refractivity contribution in [2.75, 3.05) is 11.9 Å². The largest absolute Gasteiger partial charge is 0.363 e. The van der Waals surface area contributed by atoms with Crippen molar-refractivity contribution in [3.63, 3.8) is 0 Å². The second-order valence-electron chi connectivity index (χ2n) is 5.01. The maximum atomic E-state index is 11.2. The number of nitrogens with zero attached hydrogens (tertiary/aromatic N) is 5. The van der Waals surface area contributed by atoms with Crippen molar-refractivity contribution in [3.05, 3.63) is 22.8 Å². The number of hydrogen-bond acceptors (Lipinski definition) is 5. The third-order valence-electron chi connectivity index (χ3n) is 3.75.